The van der Waals surface area contributed by atoms with Crippen LogP contribution in [-0.4, -0.2) is 25.2 Å². The molecule has 1 N–H and O–H groups in total. The van der Waals surface area contributed by atoms with Crippen LogP contribution in [0.1, 0.15) is 19.8 Å². The molecule has 1 amide bonds. The van der Waals surface area contributed by atoms with Crippen molar-refractivity contribution in [2.24, 2.45) is 5.41 Å². The van der Waals surface area contributed by atoms with E-state index < -0.39 is 0 Å². The van der Waals surface area contributed by atoms with Crippen molar-refractivity contribution >= 4 is 5.91 Å². The van der Waals surface area contributed by atoms with Crippen LogP contribution < -0.4 is 5.32 Å². The fraction of sp³-hybridized carbons (Fsp3) is 0.875. The number of ether oxygens (including phenoxy) is 1. The molecule has 0 saturated carbocycles. The van der Waals surface area contributed by atoms with Crippen LogP contribution in [0.3, 0.4) is 0 Å². The number of hydrogen-bond donors (Lipinski definition) is 1. The number of hydrogen-bond acceptors (Lipinski definition) is 2. The number of carbonyl (C=O) groups is 1. The second-order valence-corrected chi connectivity index (χ2v) is 3.58. The highest BCUT2D eigenvalue weighted by Gasteiger charge is 2.46. The van der Waals surface area contributed by atoms with Gasteiger partial charge in [-0.3, -0.25) is 4.79 Å². The van der Waals surface area contributed by atoms with Gasteiger partial charge in [0, 0.05) is 25.0 Å². The zero-order chi connectivity index (χ0) is 7.90. The van der Waals surface area contributed by atoms with Gasteiger partial charge in [-0.2, -0.15) is 0 Å². The second-order valence-electron chi connectivity index (χ2n) is 3.58. The summed E-state index contributed by atoms with van der Waals surface area (Å²) in [5.74, 6) is 0.183. The SMILES string of the molecule is CC1OCCC12CNC(=O)C2. The fourth-order valence-electron chi connectivity index (χ4n) is 2.00. The Morgan fingerprint density at radius 3 is 3.00 bits per heavy atom. The highest BCUT2D eigenvalue weighted by atomic mass is 16.5. The van der Waals surface area contributed by atoms with E-state index >= 15 is 0 Å². The molecule has 62 valence electrons. The maximum atomic E-state index is 11.0. The predicted octanol–water partition coefficient (Wildman–Crippen LogP) is 0.301. The number of carbonyl (C=O) groups excluding carboxylic acids is 1. The zero-order valence-corrected chi connectivity index (χ0v) is 6.72. The summed E-state index contributed by atoms with van der Waals surface area (Å²) in [6.45, 7) is 3.69. The molecule has 3 nitrogen and oxygen atoms in total. The third-order valence-corrected chi connectivity index (χ3v) is 2.98. The van der Waals surface area contributed by atoms with Crippen molar-refractivity contribution in [1.29, 1.82) is 0 Å². The van der Waals surface area contributed by atoms with Gasteiger partial charge in [-0.05, 0) is 13.3 Å². The summed E-state index contributed by atoms with van der Waals surface area (Å²) in [7, 11) is 0. The predicted molar refractivity (Wildman–Crippen MR) is 40.1 cm³/mol. The Morgan fingerprint density at radius 2 is 2.55 bits per heavy atom. The first-order valence-corrected chi connectivity index (χ1v) is 4.11. The summed E-state index contributed by atoms with van der Waals surface area (Å²) in [4.78, 5) is 11.0. The minimum atomic E-state index is 0.136. The quantitative estimate of drug-likeness (QED) is 0.546. The minimum Gasteiger partial charge on any atom is -0.378 e. The minimum absolute atomic E-state index is 0.136. The van der Waals surface area contributed by atoms with Gasteiger partial charge in [-0.1, -0.05) is 0 Å². The molecular formula is C8H13NO2. The summed E-state index contributed by atoms with van der Waals surface area (Å²) >= 11 is 0. The van der Waals surface area contributed by atoms with Crippen molar-refractivity contribution in [2.45, 2.75) is 25.9 Å². The number of nitrogens with one attached hydrogen (secondary N) is 1. The van der Waals surface area contributed by atoms with Crippen LogP contribution in [0.5, 0.6) is 0 Å². The largest absolute Gasteiger partial charge is 0.378 e. The van der Waals surface area contributed by atoms with E-state index in [1.165, 1.54) is 0 Å². The molecule has 11 heavy (non-hydrogen) atoms. The molecule has 2 saturated heterocycles. The van der Waals surface area contributed by atoms with E-state index in [2.05, 4.69) is 12.2 Å². The molecule has 2 aliphatic rings. The Hall–Kier alpha value is -0.570. The molecule has 3 heteroatoms. The first kappa shape index (κ1) is 7.10. The van der Waals surface area contributed by atoms with E-state index in [-0.39, 0.29) is 17.4 Å². The molecule has 1 spiro atoms. The monoisotopic (exact) mass is 155 g/mol. The van der Waals surface area contributed by atoms with E-state index in [4.69, 9.17) is 4.74 Å². The average Bonchev–Trinajstić information content (AvgIpc) is 2.46. The third kappa shape index (κ3) is 0.948. The van der Waals surface area contributed by atoms with Crippen molar-refractivity contribution in [1.82, 2.24) is 5.32 Å². The van der Waals surface area contributed by atoms with Gasteiger partial charge in [-0.15, -0.1) is 0 Å². The standard InChI is InChI=1S/C8H13NO2/c1-6-8(2-3-11-6)4-7(10)9-5-8/h6H,2-5H2,1H3,(H,9,10). The Balaban J connectivity index is 2.16. The molecule has 2 fully saturated rings. The van der Waals surface area contributed by atoms with Gasteiger partial charge in [0.25, 0.3) is 0 Å². The van der Waals surface area contributed by atoms with Gasteiger partial charge < -0.3 is 10.1 Å². The molecule has 2 unspecified atom stereocenters. The summed E-state index contributed by atoms with van der Waals surface area (Å²) < 4.78 is 5.45. The average molecular weight is 155 g/mol. The van der Waals surface area contributed by atoms with E-state index in [1.807, 2.05) is 0 Å². The molecule has 2 atom stereocenters. The second kappa shape index (κ2) is 2.21. The molecule has 2 aliphatic heterocycles. The number of rotatable bonds is 0. The fourth-order valence-corrected chi connectivity index (χ4v) is 2.00. The van der Waals surface area contributed by atoms with Crippen LogP contribution in [0.15, 0.2) is 0 Å². The molecule has 0 aliphatic carbocycles. The molecule has 2 heterocycles. The molecule has 2 rings (SSSR count). The Bertz CT molecular complexity index is 193. The zero-order valence-electron chi connectivity index (χ0n) is 6.72. The smallest absolute Gasteiger partial charge is 0.220 e. The molecule has 0 aromatic carbocycles. The maximum absolute atomic E-state index is 11.0. The summed E-state index contributed by atoms with van der Waals surface area (Å²) in [6.07, 6.45) is 1.95. The highest BCUT2D eigenvalue weighted by molar-refractivity contribution is 5.79. The van der Waals surface area contributed by atoms with E-state index in [0.29, 0.717) is 6.42 Å². The van der Waals surface area contributed by atoms with Gasteiger partial charge in [-0.25, -0.2) is 0 Å². The van der Waals surface area contributed by atoms with E-state index in [0.717, 1.165) is 19.6 Å². The molecule has 0 bridgehead atoms. The Morgan fingerprint density at radius 1 is 1.73 bits per heavy atom. The summed E-state index contributed by atoms with van der Waals surface area (Å²) in [5, 5.41) is 2.86. The lowest BCUT2D eigenvalue weighted by Crippen LogP contribution is -2.30. The van der Waals surface area contributed by atoms with Crippen LogP contribution in [0.25, 0.3) is 0 Å². The first-order valence-electron chi connectivity index (χ1n) is 4.11. The van der Waals surface area contributed by atoms with Gasteiger partial charge in [0.2, 0.25) is 5.91 Å². The van der Waals surface area contributed by atoms with Crippen LogP contribution in [0.2, 0.25) is 0 Å². The van der Waals surface area contributed by atoms with Crippen molar-refractivity contribution in [3.05, 3.63) is 0 Å². The summed E-state index contributed by atoms with van der Waals surface area (Å²) in [6, 6.07) is 0. The number of amides is 1. The molecule has 0 aromatic rings. The Kier molecular flexibility index (Phi) is 1.42. The van der Waals surface area contributed by atoms with E-state index in [9.17, 15) is 4.79 Å². The van der Waals surface area contributed by atoms with Crippen LogP contribution >= 0.6 is 0 Å². The summed E-state index contributed by atoms with van der Waals surface area (Å²) in [5.41, 5.74) is 0.136. The maximum Gasteiger partial charge on any atom is 0.220 e. The first-order chi connectivity index (χ1) is 5.23. The Labute approximate surface area is 66.1 Å². The topological polar surface area (TPSA) is 38.3 Å². The highest BCUT2D eigenvalue weighted by Crippen LogP contribution is 2.40. The van der Waals surface area contributed by atoms with E-state index in [1.54, 1.807) is 0 Å². The molecule has 0 radical (unpaired) electrons. The van der Waals surface area contributed by atoms with Crippen molar-refractivity contribution < 1.29 is 9.53 Å². The van der Waals surface area contributed by atoms with Crippen molar-refractivity contribution in [2.75, 3.05) is 13.2 Å². The lowest BCUT2D eigenvalue weighted by molar-refractivity contribution is -0.119. The molecular weight excluding hydrogens is 142 g/mol. The van der Waals surface area contributed by atoms with Gasteiger partial charge in [0.05, 0.1) is 6.10 Å². The van der Waals surface area contributed by atoms with Crippen LogP contribution in [0, 0.1) is 5.41 Å². The lowest BCUT2D eigenvalue weighted by Gasteiger charge is -2.23. The van der Waals surface area contributed by atoms with Gasteiger partial charge in [0.1, 0.15) is 0 Å². The van der Waals surface area contributed by atoms with Crippen LogP contribution in [0.4, 0.5) is 0 Å². The lowest BCUT2D eigenvalue weighted by atomic mass is 9.81. The normalized spacial score (nSPS) is 43.4. The molecule has 0 aromatic heterocycles. The third-order valence-electron chi connectivity index (χ3n) is 2.98. The van der Waals surface area contributed by atoms with Gasteiger partial charge >= 0.3 is 0 Å². The van der Waals surface area contributed by atoms with Crippen molar-refractivity contribution in [3.8, 4) is 0 Å². The van der Waals surface area contributed by atoms with Gasteiger partial charge in [0.15, 0.2) is 0 Å². The van der Waals surface area contributed by atoms with Crippen LogP contribution in [-0.2, 0) is 9.53 Å². The van der Waals surface area contributed by atoms with Crippen molar-refractivity contribution in [3.63, 3.8) is 0 Å².